The van der Waals surface area contributed by atoms with E-state index in [4.69, 9.17) is 5.11 Å². The number of carbonyl (C=O) groups excluding carboxylic acids is 1. The molecule has 4 heteroatoms. The van der Waals surface area contributed by atoms with Crippen LogP contribution in [0.1, 0.15) is 37.4 Å². The molecule has 0 saturated heterocycles. The molecular weight excluding hydrogens is 266 g/mol. The third kappa shape index (κ3) is 3.28. The van der Waals surface area contributed by atoms with E-state index in [0.29, 0.717) is 16.8 Å². The molecule has 1 amide bonds. The van der Waals surface area contributed by atoms with E-state index in [9.17, 15) is 9.59 Å². The van der Waals surface area contributed by atoms with Crippen molar-refractivity contribution in [1.82, 2.24) is 0 Å². The lowest BCUT2D eigenvalue weighted by molar-refractivity contribution is 0.0696. The van der Waals surface area contributed by atoms with E-state index < -0.39 is 5.97 Å². The lowest BCUT2D eigenvalue weighted by atomic mass is 10.1. The lowest BCUT2D eigenvalue weighted by Crippen LogP contribution is -2.12. The maximum absolute atomic E-state index is 12.2. The van der Waals surface area contributed by atoms with Crippen LogP contribution in [0.15, 0.2) is 36.4 Å². The minimum atomic E-state index is -0.973. The first-order valence-electron chi connectivity index (χ1n) is 6.61. The van der Waals surface area contributed by atoms with Gasteiger partial charge in [-0.25, -0.2) is 4.79 Å². The summed E-state index contributed by atoms with van der Waals surface area (Å²) in [5, 5.41) is 11.8. The molecule has 0 saturated carbocycles. The SMILES string of the molecule is Cc1ccc(C(=O)Nc2ccc(C(=O)O)c(C)c2)cc1C. The number of anilines is 1. The van der Waals surface area contributed by atoms with Crippen LogP contribution in [0.5, 0.6) is 0 Å². The first-order valence-corrected chi connectivity index (χ1v) is 6.61. The van der Waals surface area contributed by atoms with Gasteiger partial charge < -0.3 is 10.4 Å². The Balaban J connectivity index is 2.21. The van der Waals surface area contributed by atoms with E-state index in [1.807, 2.05) is 26.0 Å². The largest absolute Gasteiger partial charge is 0.478 e. The van der Waals surface area contributed by atoms with Gasteiger partial charge in [0.05, 0.1) is 5.56 Å². The van der Waals surface area contributed by atoms with Crippen molar-refractivity contribution in [2.45, 2.75) is 20.8 Å². The van der Waals surface area contributed by atoms with Gasteiger partial charge in [0.15, 0.2) is 0 Å². The molecule has 2 rings (SSSR count). The molecule has 0 aliphatic carbocycles. The second-order valence-corrected chi connectivity index (χ2v) is 5.09. The summed E-state index contributed by atoms with van der Waals surface area (Å²) in [4.78, 5) is 23.1. The van der Waals surface area contributed by atoms with E-state index in [1.54, 1.807) is 25.1 Å². The third-order valence-electron chi connectivity index (χ3n) is 3.48. The number of hydrogen-bond acceptors (Lipinski definition) is 2. The molecule has 0 aliphatic heterocycles. The molecular formula is C17H17NO3. The Morgan fingerprint density at radius 3 is 2.19 bits per heavy atom. The highest BCUT2D eigenvalue weighted by molar-refractivity contribution is 6.04. The van der Waals surface area contributed by atoms with Crippen LogP contribution >= 0.6 is 0 Å². The van der Waals surface area contributed by atoms with Crippen molar-refractivity contribution in [3.05, 3.63) is 64.2 Å². The van der Waals surface area contributed by atoms with E-state index in [-0.39, 0.29) is 11.5 Å². The second kappa shape index (κ2) is 5.79. The summed E-state index contributed by atoms with van der Waals surface area (Å²) in [5.74, 6) is -1.18. The molecule has 2 aromatic rings. The van der Waals surface area contributed by atoms with Crippen molar-refractivity contribution in [3.63, 3.8) is 0 Å². The Morgan fingerprint density at radius 1 is 0.905 bits per heavy atom. The number of carboxylic acids is 1. The maximum atomic E-state index is 12.2. The maximum Gasteiger partial charge on any atom is 0.335 e. The minimum Gasteiger partial charge on any atom is -0.478 e. The van der Waals surface area contributed by atoms with Crippen LogP contribution in [0.4, 0.5) is 5.69 Å². The van der Waals surface area contributed by atoms with Crippen molar-refractivity contribution in [1.29, 1.82) is 0 Å². The van der Waals surface area contributed by atoms with Gasteiger partial charge in [0.25, 0.3) is 5.91 Å². The molecule has 0 bridgehead atoms. The van der Waals surface area contributed by atoms with Gasteiger partial charge in [0.1, 0.15) is 0 Å². The first kappa shape index (κ1) is 14.8. The molecule has 0 spiro atoms. The van der Waals surface area contributed by atoms with Crippen LogP contribution in [0.3, 0.4) is 0 Å². The summed E-state index contributed by atoms with van der Waals surface area (Å²) < 4.78 is 0. The highest BCUT2D eigenvalue weighted by Crippen LogP contribution is 2.17. The zero-order chi connectivity index (χ0) is 15.6. The zero-order valence-corrected chi connectivity index (χ0v) is 12.2. The Labute approximate surface area is 123 Å². The molecule has 0 fully saturated rings. The van der Waals surface area contributed by atoms with Crippen LogP contribution in [0, 0.1) is 20.8 Å². The Morgan fingerprint density at radius 2 is 1.62 bits per heavy atom. The van der Waals surface area contributed by atoms with Gasteiger partial charge in [-0.05, 0) is 67.8 Å². The normalized spacial score (nSPS) is 10.2. The average molecular weight is 283 g/mol. The van der Waals surface area contributed by atoms with E-state index in [1.165, 1.54) is 6.07 Å². The van der Waals surface area contributed by atoms with E-state index >= 15 is 0 Å². The standard InChI is InChI=1S/C17H17NO3/c1-10-4-5-13(8-11(10)2)16(19)18-14-6-7-15(17(20)21)12(3)9-14/h4-9H,1-3H3,(H,18,19)(H,20,21). The molecule has 2 aromatic carbocycles. The number of nitrogens with one attached hydrogen (secondary N) is 1. The van der Waals surface area contributed by atoms with Crippen LogP contribution < -0.4 is 5.32 Å². The molecule has 2 N–H and O–H groups in total. The number of hydrogen-bond donors (Lipinski definition) is 2. The Bertz CT molecular complexity index is 720. The third-order valence-corrected chi connectivity index (χ3v) is 3.48. The number of carboxylic acid groups (broad SMARTS) is 1. The fraction of sp³-hybridized carbons (Fsp3) is 0.176. The average Bonchev–Trinajstić information content (AvgIpc) is 2.41. The number of amides is 1. The summed E-state index contributed by atoms with van der Waals surface area (Å²) in [6.45, 7) is 5.65. The Kier molecular flexibility index (Phi) is 4.08. The molecule has 4 nitrogen and oxygen atoms in total. The van der Waals surface area contributed by atoms with Gasteiger partial charge >= 0.3 is 5.97 Å². The second-order valence-electron chi connectivity index (χ2n) is 5.09. The number of aryl methyl sites for hydroxylation is 3. The predicted molar refractivity (Wildman–Crippen MR) is 82.0 cm³/mol. The number of aromatic carboxylic acids is 1. The topological polar surface area (TPSA) is 66.4 Å². The first-order chi connectivity index (χ1) is 9.88. The molecule has 0 aliphatic rings. The number of rotatable bonds is 3. The van der Waals surface area contributed by atoms with E-state index in [0.717, 1.165) is 11.1 Å². The van der Waals surface area contributed by atoms with Crippen molar-refractivity contribution in [3.8, 4) is 0 Å². The summed E-state index contributed by atoms with van der Waals surface area (Å²) in [7, 11) is 0. The van der Waals surface area contributed by atoms with Gasteiger partial charge in [0, 0.05) is 11.3 Å². The van der Waals surface area contributed by atoms with E-state index in [2.05, 4.69) is 5.32 Å². The monoisotopic (exact) mass is 283 g/mol. The van der Waals surface area contributed by atoms with Gasteiger partial charge in [-0.1, -0.05) is 6.07 Å². The summed E-state index contributed by atoms with van der Waals surface area (Å²) in [6.07, 6.45) is 0. The van der Waals surface area contributed by atoms with Crippen molar-refractivity contribution < 1.29 is 14.7 Å². The van der Waals surface area contributed by atoms with Crippen molar-refractivity contribution in [2.75, 3.05) is 5.32 Å². The smallest absolute Gasteiger partial charge is 0.335 e. The molecule has 0 radical (unpaired) electrons. The molecule has 21 heavy (non-hydrogen) atoms. The lowest BCUT2D eigenvalue weighted by Gasteiger charge is -2.09. The molecule has 108 valence electrons. The summed E-state index contributed by atoms with van der Waals surface area (Å²) in [5.41, 5.74) is 4.20. The zero-order valence-electron chi connectivity index (χ0n) is 12.2. The molecule has 0 heterocycles. The fourth-order valence-corrected chi connectivity index (χ4v) is 2.07. The number of carbonyl (C=O) groups is 2. The quantitative estimate of drug-likeness (QED) is 0.905. The van der Waals surface area contributed by atoms with Gasteiger partial charge in [0.2, 0.25) is 0 Å². The molecule has 0 unspecified atom stereocenters. The van der Waals surface area contributed by atoms with Crippen molar-refractivity contribution in [2.24, 2.45) is 0 Å². The fourth-order valence-electron chi connectivity index (χ4n) is 2.07. The highest BCUT2D eigenvalue weighted by atomic mass is 16.4. The summed E-state index contributed by atoms with van der Waals surface area (Å²) in [6, 6.07) is 10.3. The van der Waals surface area contributed by atoms with Crippen LogP contribution in [-0.2, 0) is 0 Å². The molecule has 0 atom stereocenters. The van der Waals surface area contributed by atoms with Gasteiger partial charge in [-0.3, -0.25) is 4.79 Å². The van der Waals surface area contributed by atoms with Crippen LogP contribution in [0.25, 0.3) is 0 Å². The Hall–Kier alpha value is -2.62. The van der Waals surface area contributed by atoms with Gasteiger partial charge in [-0.2, -0.15) is 0 Å². The van der Waals surface area contributed by atoms with Crippen molar-refractivity contribution >= 4 is 17.6 Å². The highest BCUT2D eigenvalue weighted by Gasteiger charge is 2.10. The number of benzene rings is 2. The van der Waals surface area contributed by atoms with Crippen LogP contribution in [0.2, 0.25) is 0 Å². The predicted octanol–water partition coefficient (Wildman–Crippen LogP) is 3.56. The van der Waals surface area contributed by atoms with Crippen LogP contribution in [-0.4, -0.2) is 17.0 Å². The van der Waals surface area contributed by atoms with Gasteiger partial charge in [-0.15, -0.1) is 0 Å². The molecule has 0 aromatic heterocycles. The minimum absolute atomic E-state index is 0.208. The summed E-state index contributed by atoms with van der Waals surface area (Å²) >= 11 is 0.